The van der Waals surface area contributed by atoms with Gasteiger partial charge in [-0.3, -0.25) is 0 Å². The van der Waals surface area contributed by atoms with Gasteiger partial charge in [-0.25, -0.2) is 8.78 Å². The van der Waals surface area contributed by atoms with E-state index in [9.17, 15) is 14.0 Å². The van der Waals surface area contributed by atoms with E-state index in [1.165, 1.54) is 0 Å². The molecule has 2 fully saturated rings. The maximum atomic E-state index is 13.4. The van der Waals surface area contributed by atoms with Crippen molar-refractivity contribution in [2.24, 2.45) is 17.3 Å². The molecule has 18 heavy (non-hydrogen) atoms. The van der Waals surface area contributed by atoms with Gasteiger partial charge in [0.15, 0.2) is 0 Å². The van der Waals surface area contributed by atoms with Crippen LogP contribution in [0.2, 0.25) is 0 Å². The highest BCUT2D eigenvalue weighted by molar-refractivity contribution is 5.05. The zero-order valence-corrected chi connectivity index (χ0v) is 11.2. The van der Waals surface area contributed by atoms with Crippen molar-refractivity contribution in [3.8, 4) is 6.07 Å². The van der Waals surface area contributed by atoms with Crippen molar-refractivity contribution in [2.75, 3.05) is 0 Å². The molecule has 3 heteroatoms. The number of hydrogen-bond donors (Lipinski definition) is 0. The van der Waals surface area contributed by atoms with Gasteiger partial charge in [-0.15, -0.1) is 0 Å². The Morgan fingerprint density at radius 1 is 1.17 bits per heavy atom. The zero-order chi connectivity index (χ0) is 13.2. The summed E-state index contributed by atoms with van der Waals surface area (Å²) in [6, 6.07) is 2.47. The minimum absolute atomic E-state index is 0.00716. The monoisotopic (exact) mass is 255 g/mol. The van der Waals surface area contributed by atoms with Gasteiger partial charge in [0.2, 0.25) is 5.92 Å². The second kappa shape index (κ2) is 5.15. The van der Waals surface area contributed by atoms with E-state index >= 15 is 0 Å². The van der Waals surface area contributed by atoms with Crippen LogP contribution in [-0.4, -0.2) is 5.92 Å². The molecule has 102 valence electrons. The first-order valence-electron chi connectivity index (χ1n) is 7.28. The molecular formula is C15H23F2N. The third-order valence-corrected chi connectivity index (χ3v) is 4.95. The summed E-state index contributed by atoms with van der Waals surface area (Å²) >= 11 is 0. The maximum Gasteiger partial charge on any atom is 0.248 e. The highest BCUT2D eigenvalue weighted by atomic mass is 19.3. The molecule has 0 saturated heterocycles. The van der Waals surface area contributed by atoms with Crippen LogP contribution in [0.15, 0.2) is 0 Å². The van der Waals surface area contributed by atoms with E-state index in [4.69, 9.17) is 0 Å². The van der Waals surface area contributed by atoms with Gasteiger partial charge in [0.05, 0.1) is 11.5 Å². The lowest BCUT2D eigenvalue weighted by Crippen LogP contribution is -2.30. The normalized spacial score (nSPS) is 39.4. The number of halogens is 2. The summed E-state index contributed by atoms with van der Waals surface area (Å²) < 4.78 is 26.8. The molecule has 0 radical (unpaired) electrons. The molecule has 0 N–H and O–H groups in total. The quantitative estimate of drug-likeness (QED) is 0.702. The lowest BCUT2D eigenvalue weighted by atomic mass is 9.73. The van der Waals surface area contributed by atoms with E-state index < -0.39 is 5.92 Å². The van der Waals surface area contributed by atoms with Crippen LogP contribution in [-0.2, 0) is 0 Å². The Labute approximate surface area is 109 Å². The van der Waals surface area contributed by atoms with Gasteiger partial charge in [0.25, 0.3) is 0 Å². The second-order valence-corrected chi connectivity index (χ2v) is 6.43. The Balaban J connectivity index is 1.97. The van der Waals surface area contributed by atoms with Crippen molar-refractivity contribution in [1.82, 2.24) is 0 Å². The van der Waals surface area contributed by atoms with Crippen LogP contribution in [0.25, 0.3) is 0 Å². The summed E-state index contributed by atoms with van der Waals surface area (Å²) in [5.74, 6) is -1.79. The Morgan fingerprint density at radius 2 is 1.94 bits per heavy atom. The van der Waals surface area contributed by atoms with E-state index in [0.717, 1.165) is 32.1 Å². The van der Waals surface area contributed by atoms with Crippen LogP contribution >= 0.6 is 0 Å². The number of alkyl halides is 2. The van der Waals surface area contributed by atoms with E-state index in [1.807, 2.05) is 0 Å². The Hall–Kier alpha value is -0.650. The standard InChI is InChI=1S/C15H23F2N/c1-2-12-5-7-14(8-12,11-18)9-13-4-3-6-15(16,17)10-13/h12-13H,2-10H2,1H3. The van der Waals surface area contributed by atoms with Gasteiger partial charge in [-0.2, -0.15) is 5.26 Å². The average molecular weight is 255 g/mol. The fourth-order valence-corrected chi connectivity index (χ4v) is 3.92. The number of hydrogen-bond acceptors (Lipinski definition) is 1. The van der Waals surface area contributed by atoms with Gasteiger partial charge in [0.1, 0.15) is 0 Å². The van der Waals surface area contributed by atoms with Gasteiger partial charge in [-0.05, 0) is 50.4 Å². The summed E-state index contributed by atoms with van der Waals surface area (Å²) in [7, 11) is 0. The first-order valence-corrected chi connectivity index (χ1v) is 7.28. The molecule has 3 unspecified atom stereocenters. The van der Waals surface area contributed by atoms with Crippen LogP contribution in [0.1, 0.15) is 64.7 Å². The molecule has 1 nitrogen and oxygen atoms in total. The highest BCUT2D eigenvalue weighted by Crippen LogP contribution is 2.50. The van der Waals surface area contributed by atoms with Gasteiger partial charge in [-0.1, -0.05) is 13.3 Å². The van der Waals surface area contributed by atoms with Gasteiger partial charge < -0.3 is 0 Å². The molecule has 2 aliphatic carbocycles. The smallest absolute Gasteiger partial charge is 0.207 e. The van der Waals surface area contributed by atoms with Crippen LogP contribution in [0.5, 0.6) is 0 Å². The van der Waals surface area contributed by atoms with Crippen LogP contribution in [0.3, 0.4) is 0 Å². The number of nitrogens with zero attached hydrogens (tertiary/aromatic N) is 1. The molecule has 0 spiro atoms. The van der Waals surface area contributed by atoms with E-state index in [1.54, 1.807) is 0 Å². The maximum absolute atomic E-state index is 13.4. The molecule has 2 rings (SSSR count). The Kier molecular flexibility index (Phi) is 3.94. The minimum Gasteiger partial charge on any atom is -0.207 e. The fraction of sp³-hybridized carbons (Fsp3) is 0.933. The first kappa shape index (κ1) is 13.8. The molecule has 0 heterocycles. The van der Waals surface area contributed by atoms with Crippen LogP contribution in [0.4, 0.5) is 8.78 Å². The molecule has 3 atom stereocenters. The largest absolute Gasteiger partial charge is 0.248 e. The molecule has 0 bridgehead atoms. The number of nitriles is 1. The van der Waals surface area contributed by atoms with Crippen molar-refractivity contribution in [1.29, 1.82) is 5.26 Å². The molecular weight excluding hydrogens is 232 g/mol. The predicted molar refractivity (Wildman–Crippen MR) is 67.2 cm³/mol. The van der Waals surface area contributed by atoms with Crippen molar-refractivity contribution in [3.05, 3.63) is 0 Å². The zero-order valence-electron chi connectivity index (χ0n) is 11.2. The molecule has 0 amide bonds. The average Bonchev–Trinajstić information content (AvgIpc) is 2.72. The van der Waals surface area contributed by atoms with Crippen molar-refractivity contribution >= 4 is 0 Å². The van der Waals surface area contributed by atoms with E-state index in [-0.39, 0.29) is 24.2 Å². The Morgan fingerprint density at radius 3 is 2.50 bits per heavy atom. The predicted octanol–water partition coefficient (Wildman–Crippen LogP) is 4.92. The summed E-state index contributed by atoms with van der Waals surface area (Å²) in [6.07, 6.45) is 6.33. The highest BCUT2D eigenvalue weighted by Gasteiger charge is 2.44. The third kappa shape index (κ3) is 3.02. The molecule has 0 aromatic carbocycles. The minimum atomic E-state index is -2.48. The van der Waals surface area contributed by atoms with Crippen molar-refractivity contribution in [3.63, 3.8) is 0 Å². The molecule has 2 saturated carbocycles. The van der Waals surface area contributed by atoms with E-state index in [2.05, 4.69) is 13.0 Å². The lowest BCUT2D eigenvalue weighted by molar-refractivity contribution is -0.0575. The summed E-state index contributed by atoms with van der Waals surface area (Å²) in [6.45, 7) is 2.16. The summed E-state index contributed by atoms with van der Waals surface area (Å²) in [5, 5.41) is 9.45. The molecule has 0 aliphatic heterocycles. The number of rotatable bonds is 3. The lowest BCUT2D eigenvalue weighted by Gasteiger charge is -2.33. The third-order valence-electron chi connectivity index (χ3n) is 4.95. The van der Waals surface area contributed by atoms with Crippen molar-refractivity contribution in [2.45, 2.75) is 70.6 Å². The molecule has 2 aliphatic rings. The first-order chi connectivity index (χ1) is 8.49. The SMILES string of the molecule is CCC1CCC(C#N)(CC2CCCC(F)(F)C2)C1. The Bertz CT molecular complexity index is 334. The molecule has 0 aromatic rings. The van der Waals surface area contributed by atoms with Crippen LogP contribution < -0.4 is 0 Å². The van der Waals surface area contributed by atoms with E-state index in [0.29, 0.717) is 18.8 Å². The topological polar surface area (TPSA) is 23.8 Å². The van der Waals surface area contributed by atoms with Crippen LogP contribution in [0, 0.1) is 28.6 Å². The van der Waals surface area contributed by atoms with Crippen molar-refractivity contribution < 1.29 is 8.78 Å². The molecule has 0 aromatic heterocycles. The van der Waals surface area contributed by atoms with Gasteiger partial charge in [0, 0.05) is 12.8 Å². The van der Waals surface area contributed by atoms with Gasteiger partial charge >= 0.3 is 0 Å². The summed E-state index contributed by atoms with van der Waals surface area (Å²) in [5.41, 5.74) is -0.293. The fourth-order valence-electron chi connectivity index (χ4n) is 3.92. The second-order valence-electron chi connectivity index (χ2n) is 6.43. The summed E-state index contributed by atoms with van der Waals surface area (Å²) in [4.78, 5) is 0.